The zero-order valence-electron chi connectivity index (χ0n) is 13.0. The Labute approximate surface area is 121 Å². The maximum atomic E-state index is 12.9. The zero-order chi connectivity index (χ0) is 14.7. The summed E-state index contributed by atoms with van der Waals surface area (Å²) < 4.78 is 0. The number of nitrogens with one attached hydrogen (secondary N) is 1. The van der Waals surface area contributed by atoms with Crippen LogP contribution in [0.25, 0.3) is 0 Å². The predicted octanol–water partition coefficient (Wildman–Crippen LogP) is 1.94. The van der Waals surface area contributed by atoms with Gasteiger partial charge in [0.25, 0.3) is 0 Å². The maximum absolute atomic E-state index is 12.9. The highest BCUT2D eigenvalue weighted by molar-refractivity contribution is 5.99. The van der Waals surface area contributed by atoms with Crippen LogP contribution in [0.4, 0.5) is 0 Å². The number of piperazine rings is 1. The van der Waals surface area contributed by atoms with Crippen LogP contribution in [0.2, 0.25) is 0 Å². The van der Waals surface area contributed by atoms with Crippen molar-refractivity contribution in [3.63, 3.8) is 0 Å². The molecule has 0 aromatic heterocycles. The molecule has 1 N–H and O–H groups in total. The van der Waals surface area contributed by atoms with Crippen molar-refractivity contribution >= 4 is 11.8 Å². The van der Waals surface area contributed by atoms with Crippen molar-refractivity contribution in [3.8, 4) is 0 Å². The second-order valence-electron chi connectivity index (χ2n) is 7.59. The summed E-state index contributed by atoms with van der Waals surface area (Å²) in [6.07, 6.45) is 4.48. The average Bonchev–Trinajstić information content (AvgIpc) is 3.25. The van der Waals surface area contributed by atoms with Crippen LogP contribution in [-0.2, 0) is 9.59 Å². The second kappa shape index (κ2) is 4.22. The van der Waals surface area contributed by atoms with E-state index in [2.05, 4.69) is 19.2 Å². The first-order chi connectivity index (χ1) is 9.30. The first-order valence-corrected chi connectivity index (χ1v) is 7.93. The van der Waals surface area contributed by atoms with Gasteiger partial charge in [0.05, 0.1) is 0 Å². The van der Waals surface area contributed by atoms with Crippen LogP contribution in [-0.4, -0.2) is 34.8 Å². The van der Waals surface area contributed by atoms with Gasteiger partial charge in [0, 0.05) is 6.54 Å². The fraction of sp³-hybridized carbons (Fsp3) is 0.875. The van der Waals surface area contributed by atoms with Crippen molar-refractivity contribution in [2.24, 2.45) is 17.3 Å². The van der Waals surface area contributed by atoms with Crippen LogP contribution < -0.4 is 5.32 Å². The number of nitrogens with zero attached hydrogens (tertiary/aromatic N) is 1. The van der Waals surface area contributed by atoms with Crippen LogP contribution in [0.3, 0.4) is 0 Å². The molecule has 1 aliphatic heterocycles. The van der Waals surface area contributed by atoms with Gasteiger partial charge < -0.3 is 10.2 Å². The summed E-state index contributed by atoms with van der Waals surface area (Å²) in [7, 11) is 0. The highest BCUT2D eigenvalue weighted by Gasteiger charge is 2.57. The average molecular weight is 278 g/mol. The lowest BCUT2D eigenvalue weighted by atomic mass is 9.86. The maximum Gasteiger partial charge on any atom is 0.249 e. The van der Waals surface area contributed by atoms with E-state index in [0.29, 0.717) is 11.8 Å². The van der Waals surface area contributed by atoms with Crippen molar-refractivity contribution in [2.75, 3.05) is 6.54 Å². The zero-order valence-corrected chi connectivity index (χ0v) is 13.0. The number of hydrogen-bond donors (Lipinski definition) is 1. The molecule has 3 fully saturated rings. The molecular formula is C16H26N2O2. The molecule has 4 nitrogen and oxygen atoms in total. The van der Waals surface area contributed by atoms with Crippen molar-refractivity contribution < 1.29 is 9.59 Å². The van der Waals surface area contributed by atoms with Crippen molar-refractivity contribution in [3.05, 3.63) is 0 Å². The third kappa shape index (κ3) is 1.95. The van der Waals surface area contributed by atoms with Gasteiger partial charge in [-0.1, -0.05) is 13.8 Å². The molecule has 1 saturated heterocycles. The number of carbonyl (C=O) groups is 2. The monoisotopic (exact) mass is 278 g/mol. The molecule has 2 aliphatic carbocycles. The Bertz CT molecular complexity index is 451. The molecule has 1 heterocycles. The van der Waals surface area contributed by atoms with E-state index in [-0.39, 0.29) is 23.3 Å². The van der Waals surface area contributed by atoms with E-state index >= 15 is 0 Å². The first kappa shape index (κ1) is 13.9. The van der Waals surface area contributed by atoms with Crippen LogP contribution in [0, 0.1) is 17.3 Å². The molecule has 0 radical (unpaired) electrons. The number of carbonyl (C=O) groups excluding carboxylic acids is 2. The Balaban J connectivity index is 1.84. The van der Waals surface area contributed by atoms with E-state index in [0.717, 1.165) is 19.4 Å². The fourth-order valence-electron chi connectivity index (χ4n) is 3.59. The second-order valence-corrected chi connectivity index (χ2v) is 7.59. The minimum Gasteiger partial charge on any atom is -0.340 e. The largest absolute Gasteiger partial charge is 0.340 e. The van der Waals surface area contributed by atoms with E-state index in [1.165, 1.54) is 12.8 Å². The topological polar surface area (TPSA) is 49.4 Å². The van der Waals surface area contributed by atoms with Crippen LogP contribution in [0.1, 0.15) is 53.4 Å². The molecule has 2 amide bonds. The highest BCUT2D eigenvalue weighted by Crippen LogP contribution is 2.53. The third-order valence-corrected chi connectivity index (χ3v) is 5.93. The standard InChI is InChI=1S/C16H26N2O2/c1-10(2)16(7-8-16)9-18-11(3)13(19)17-15(4,14(18)20)12-5-6-12/h10-12H,5-9H2,1-4H3,(H,17,19). The Morgan fingerprint density at radius 1 is 1.30 bits per heavy atom. The van der Waals surface area contributed by atoms with Gasteiger partial charge in [-0.25, -0.2) is 0 Å². The summed E-state index contributed by atoms with van der Waals surface area (Å²) in [5.41, 5.74) is -0.400. The van der Waals surface area contributed by atoms with Crippen molar-refractivity contribution in [2.45, 2.75) is 65.0 Å². The smallest absolute Gasteiger partial charge is 0.249 e. The number of hydrogen-bond acceptors (Lipinski definition) is 2. The minimum absolute atomic E-state index is 0.0126. The molecule has 2 saturated carbocycles. The summed E-state index contributed by atoms with van der Waals surface area (Å²) in [5.74, 6) is 1.06. The summed E-state index contributed by atoms with van der Waals surface area (Å²) in [6, 6.07) is -0.328. The number of rotatable bonds is 4. The summed E-state index contributed by atoms with van der Waals surface area (Å²) in [4.78, 5) is 27.1. The van der Waals surface area contributed by atoms with Gasteiger partial charge in [-0.3, -0.25) is 9.59 Å². The molecule has 3 aliphatic rings. The first-order valence-electron chi connectivity index (χ1n) is 7.93. The predicted molar refractivity (Wildman–Crippen MR) is 77.0 cm³/mol. The van der Waals surface area contributed by atoms with E-state index in [1.807, 2.05) is 18.7 Å². The Morgan fingerprint density at radius 3 is 2.35 bits per heavy atom. The van der Waals surface area contributed by atoms with Gasteiger partial charge in [-0.15, -0.1) is 0 Å². The molecule has 0 aromatic rings. The SMILES string of the molecule is CC1C(=O)NC(C)(C2CC2)C(=O)N1CC1(C(C)C)CC1. The van der Waals surface area contributed by atoms with Gasteiger partial charge in [0.1, 0.15) is 11.6 Å². The molecule has 0 aromatic carbocycles. The van der Waals surface area contributed by atoms with Crippen LogP contribution >= 0.6 is 0 Å². The minimum atomic E-state index is -0.656. The van der Waals surface area contributed by atoms with Gasteiger partial charge in [-0.2, -0.15) is 0 Å². The van der Waals surface area contributed by atoms with Gasteiger partial charge >= 0.3 is 0 Å². The Morgan fingerprint density at radius 2 is 1.90 bits per heavy atom. The lowest BCUT2D eigenvalue weighted by Crippen LogP contribution is -2.70. The van der Waals surface area contributed by atoms with Gasteiger partial charge in [0.2, 0.25) is 11.8 Å². The number of amides is 2. The lowest BCUT2D eigenvalue weighted by Gasteiger charge is -2.45. The van der Waals surface area contributed by atoms with E-state index in [1.54, 1.807) is 0 Å². The van der Waals surface area contributed by atoms with Crippen molar-refractivity contribution in [1.29, 1.82) is 0 Å². The molecule has 4 heteroatoms. The van der Waals surface area contributed by atoms with Crippen molar-refractivity contribution in [1.82, 2.24) is 10.2 Å². The van der Waals surface area contributed by atoms with Crippen LogP contribution in [0.5, 0.6) is 0 Å². The van der Waals surface area contributed by atoms with E-state index in [9.17, 15) is 9.59 Å². The fourth-order valence-corrected chi connectivity index (χ4v) is 3.59. The molecule has 2 atom stereocenters. The molecular weight excluding hydrogens is 252 g/mol. The van der Waals surface area contributed by atoms with E-state index in [4.69, 9.17) is 0 Å². The normalized spacial score (nSPS) is 36.2. The Hall–Kier alpha value is -1.06. The van der Waals surface area contributed by atoms with Gasteiger partial charge in [-0.05, 0) is 56.8 Å². The highest BCUT2D eigenvalue weighted by atomic mass is 16.2. The molecule has 3 rings (SSSR count). The Kier molecular flexibility index (Phi) is 2.93. The molecule has 20 heavy (non-hydrogen) atoms. The molecule has 112 valence electrons. The molecule has 2 unspecified atom stereocenters. The summed E-state index contributed by atoms with van der Waals surface area (Å²) in [5, 5.41) is 2.99. The summed E-state index contributed by atoms with van der Waals surface area (Å²) in [6.45, 7) is 8.98. The van der Waals surface area contributed by atoms with E-state index < -0.39 is 5.54 Å². The lowest BCUT2D eigenvalue weighted by molar-refractivity contribution is -0.156. The summed E-state index contributed by atoms with van der Waals surface area (Å²) >= 11 is 0. The third-order valence-electron chi connectivity index (χ3n) is 5.93. The molecule has 0 bridgehead atoms. The quantitative estimate of drug-likeness (QED) is 0.854. The van der Waals surface area contributed by atoms with Gasteiger partial charge in [0.15, 0.2) is 0 Å². The van der Waals surface area contributed by atoms with Crippen LogP contribution in [0.15, 0.2) is 0 Å². The molecule has 0 spiro atoms.